The fourth-order valence-corrected chi connectivity index (χ4v) is 7.56. The van der Waals surface area contributed by atoms with Gasteiger partial charge in [-0.2, -0.15) is 0 Å². The highest BCUT2D eigenvalue weighted by molar-refractivity contribution is 5.69. The standard InChI is InChI=1S/C50H94O4/c1-41(2)23-17-25-43(5)27-19-29-45(7)31-21-33-47(9)37-39-53-49(51)35-15-13-11-12-14-16-36-50(52)54-40-38-48(10)34-22-32-46(8)30-20-28-44(6)26-18-24-42(3)4/h37-38,41-46H,11-36,39-40H2,1-10H3/t43-,44-,45-,46-/m1/s1. The largest absolute Gasteiger partial charge is 0.461 e. The quantitative estimate of drug-likeness (QED) is 0.0360. The molecule has 0 aromatic heterocycles. The van der Waals surface area contributed by atoms with Gasteiger partial charge < -0.3 is 9.47 Å². The maximum absolute atomic E-state index is 12.2. The van der Waals surface area contributed by atoms with Crippen LogP contribution in [-0.4, -0.2) is 25.2 Å². The van der Waals surface area contributed by atoms with Crippen molar-refractivity contribution in [3.05, 3.63) is 23.3 Å². The van der Waals surface area contributed by atoms with Crippen LogP contribution in [0.25, 0.3) is 0 Å². The number of unbranched alkanes of at least 4 members (excludes halogenated alkanes) is 5. The maximum Gasteiger partial charge on any atom is 0.306 e. The predicted octanol–water partition coefficient (Wildman–Crippen LogP) is 16.0. The summed E-state index contributed by atoms with van der Waals surface area (Å²) in [5.41, 5.74) is 2.66. The first kappa shape index (κ1) is 52.4. The molecular weight excluding hydrogens is 665 g/mol. The molecule has 0 saturated heterocycles. The van der Waals surface area contributed by atoms with Crippen LogP contribution in [0.2, 0.25) is 0 Å². The van der Waals surface area contributed by atoms with Gasteiger partial charge in [-0.25, -0.2) is 0 Å². The molecular formula is C50H94O4. The lowest BCUT2D eigenvalue weighted by Gasteiger charge is -2.15. The van der Waals surface area contributed by atoms with E-state index >= 15 is 0 Å². The van der Waals surface area contributed by atoms with Gasteiger partial charge in [-0.05, 0) is 100 Å². The second-order valence-electron chi connectivity index (χ2n) is 18.8. The number of hydrogen-bond acceptors (Lipinski definition) is 4. The molecule has 4 heteroatoms. The van der Waals surface area contributed by atoms with Gasteiger partial charge in [-0.1, -0.05) is 182 Å². The summed E-state index contributed by atoms with van der Waals surface area (Å²) in [4.78, 5) is 24.3. The lowest BCUT2D eigenvalue weighted by molar-refractivity contribution is -0.143. The zero-order chi connectivity index (χ0) is 40.4. The van der Waals surface area contributed by atoms with Crippen LogP contribution in [0.5, 0.6) is 0 Å². The van der Waals surface area contributed by atoms with Gasteiger partial charge in [-0.15, -0.1) is 0 Å². The third-order valence-electron chi connectivity index (χ3n) is 11.6. The minimum absolute atomic E-state index is 0.0871. The molecule has 0 bridgehead atoms. The molecule has 4 atom stereocenters. The second-order valence-corrected chi connectivity index (χ2v) is 18.8. The molecule has 0 spiro atoms. The zero-order valence-electron chi connectivity index (χ0n) is 38.1. The summed E-state index contributed by atoms with van der Waals surface area (Å²) in [5, 5.41) is 0. The van der Waals surface area contributed by atoms with Crippen molar-refractivity contribution in [2.45, 2.75) is 236 Å². The van der Waals surface area contributed by atoms with E-state index < -0.39 is 0 Å². The Morgan fingerprint density at radius 2 is 0.648 bits per heavy atom. The Morgan fingerprint density at radius 1 is 0.370 bits per heavy atom. The van der Waals surface area contributed by atoms with Gasteiger partial charge in [0, 0.05) is 12.8 Å². The molecule has 0 amide bonds. The monoisotopic (exact) mass is 759 g/mol. The van der Waals surface area contributed by atoms with Crippen molar-refractivity contribution in [1.82, 2.24) is 0 Å². The Bertz CT molecular complexity index is 870. The normalized spacial score (nSPS) is 14.7. The van der Waals surface area contributed by atoms with E-state index in [1.165, 1.54) is 114 Å². The van der Waals surface area contributed by atoms with Gasteiger partial charge in [-0.3, -0.25) is 9.59 Å². The third-order valence-corrected chi connectivity index (χ3v) is 11.6. The number of allylic oxidation sites excluding steroid dienone is 2. The van der Waals surface area contributed by atoms with Gasteiger partial charge in [0.2, 0.25) is 0 Å². The van der Waals surface area contributed by atoms with Crippen LogP contribution in [-0.2, 0) is 19.1 Å². The number of carbonyl (C=O) groups is 2. The summed E-state index contributed by atoms with van der Waals surface area (Å²) in [7, 11) is 0. The van der Waals surface area contributed by atoms with Crippen molar-refractivity contribution in [2.75, 3.05) is 13.2 Å². The van der Waals surface area contributed by atoms with Crippen LogP contribution in [0, 0.1) is 35.5 Å². The molecule has 0 aromatic rings. The van der Waals surface area contributed by atoms with E-state index in [9.17, 15) is 9.59 Å². The van der Waals surface area contributed by atoms with E-state index in [4.69, 9.17) is 9.47 Å². The van der Waals surface area contributed by atoms with Gasteiger partial charge >= 0.3 is 11.9 Å². The Hall–Kier alpha value is -1.58. The average Bonchev–Trinajstić information content (AvgIpc) is 3.09. The summed E-state index contributed by atoms with van der Waals surface area (Å²) >= 11 is 0. The first-order valence-corrected chi connectivity index (χ1v) is 23.4. The van der Waals surface area contributed by atoms with E-state index in [1.54, 1.807) is 0 Å². The van der Waals surface area contributed by atoms with Crippen LogP contribution >= 0.6 is 0 Å². The average molecular weight is 759 g/mol. The van der Waals surface area contributed by atoms with E-state index in [0.29, 0.717) is 26.1 Å². The highest BCUT2D eigenvalue weighted by Crippen LogP contribution is 2.24. The molecule has 0 saturated carbocycles. The number of rotatable bonds is 37. The Balaban J connectivity index is 3.72. The molecule has 0 aliphatic rings. The topological polar surface area (TPSA) is 52.6 Å². The van der Waals surface area contributed by atoms with Crippen LogP contribution in [0.3, 0.4) is 0 Å². The fourth-order valence-electron chi connectivity index (χ4n) is 7.56. The van der Waals surface area contributed by atoms with E-state index in [0.717, 1.165) is 86.9 Å². The molecule has 0 heterocycles. The van der Waals surface area contributed by atoms with Crippen LogP contribution in [0.1, 0.15) is 236 Å². The Labute approximate surface area is 338 Å². The van der Waals surface area contributed by atoms with Crippen molar-refractivity contribution < 1.29 is 19.1 Å². The third kappa shape index (κ3) is 37.3. The lowest BCUT2D eigenvalue weighted by atomic mass is 9.91. The molecule has 0 N–H and O–H groups in total. The Morgan fingerprint density at radius 3 is 0.963 bits per heavy atom. The SMILES string of the molecule is CC(=CCOC(=O)CCCCCCCCC(=O)OCC=C(C)CCC[C@H](C)CCC[C@H](C)CCCC(C)C)CCC[C@H](C)CCC[C@H](C)CCCC(C)C. The first-order valence-electron chi connectivity index (χ1n) is 23.4. The number of carbonyl (C=O) groups excluding carboxylic acids is 2. The minimum Gasteiger partial charge on any atom is -0.461 e. The number of hydrogen-bond donors (Lipinski definition) is 0. The molecule has 0 radical (unpaired) electrons. The minimum atomic E-state index is -0.0871. The van der Waals surface area contributed by atoms with E-state index in [-0.39, 0.29) is 11.9 Å². The molecule has 318 valence electrons. The van der Waals surface area contributed by atoms with E-state index in [1.807, 2.05) is 0 Å². The summed E-state index contributed by atoms with van der Waals surface area (Å²) < 4.78 is 10.9. The molecule has 0 unspecified atom stereocenters. The summed E-state index contributed by atoms with van der Waals surface area (Å²) in [6.07, 6.45) is 34.8. The maximum atomic E-state index is 12.2. The Kier molecular flexibility index (Phi) is 34.8. The van der Waals surface area contributed by atoms with Crippen LogP contribution < -0.4 is 0 Å². The van der Waals surface area contributed by atoms with Crippen molar-refractivity contribution >= 4 is 11.9 Å². The molecule has 54 heavy (non-hydrogen) atoms. The number of esters is 2. The summed E-state index contributed by atoms with van der Waals surface area (Å²) in [6.45, 7) is 24.1. The molecule has 4 nitrogen and oxygen atoms in total. The molecule has 0 aliphatic carbocycles. The summed E-state index contributed by atoms with van der Waals surface area (Å²) in [6, 6.07) is 0. The van der Waals surface area contributed by atoms with Gasteiger partial charge in [0.25, 0.3) is 0 Å². The van der Waals surface area contributed by atoms with Crippen molar-refractivity contribution in [3.63, 3.8) is 0 Å². The van der Waals surface area contributed by atoms with Gasteiger partial charge in [0.15, 0.2) is 0 Å². The molecule has 0 fully saturated rings. The van der Waals surface area contributed by atoms with E-state index in [2.05, 4.69) is 81.4 Å². The summed E-state index contributed by atoms with van der Waals surface area (Å²) in [5.74, 6) is 4.82. The lowest BCUT2D eigenvalue weighted by Crippen LogP contribution is -2.05. The first-order chi connectivity index (χ1) is 25.8. The van der Waals surface area contributed by atoms with Crippen LogP contribution in [0.4, 0.5) is 0 Å². The molecule has 0 rings (SSSR count). The zero-order valence-corrected chi connectivity index (χ0v) is 38.1. The van der Waals surface area contributed by atoms with Gasteiger partial charge in [0.1, 0.15) is 13.2 Å². The van der Waals surface area contributed by atoms with Crippen molar-refractivity contribution in [2.24, 2.45) is 35.5 Å². The molecule has 0 aromatic carbocycles. The smallest absolute Gasteiger partial charge is 0.306 e. The van der Waals surface area contributed by atoms with Gasteiger partial charge in [0.05, 0.1) is 0 Å². The number of ether oxygens (including phenoxy) is 2. The van der Waals surface area contributed by atoms with Crippen molar-refractivity contribution in [3.8, 4) is 0 Å². The molecule has 0 aliphatic heterocycles. The predicted molar refractivity (Wildman–Crippen MR) is 236 cm³/mol. The highest BCUT2D eigenvalue weighted by Gasteiger charge is 2.09. The second kappa shape index (κ2) is 35.8. The fraction of sp³-hybridized carbons (Fsp3) is 0.880. The highest BCUT2D eigenvalue weighted by atomic mass is 16.5. The van der Waals surface area contributed by atoms with Crippen molar-refractivity contribution in [1.29, 1.82) is 0 Å². The van der Waals surface area contributed by atoms with Crippen LogP contribution in [0.15, 0.2) is 23.3 Å².